The summed E-state index contributed by atoms with van der Waals surface area (Å²) in [7, 11) is -3.87. The largest absolute Gasteiger partial charge is 0.315 e. The van der Waals surface area contributed by atoms with E-state index in [0.717, 1.165) is 19.5 Å². The van der Waals surface area contributed by atoms with E-state index >= 15 is 0 Å². The van der Waals surface area contributed by atoms with E-state index < -0.39 is 14.9 Å². The number of nitro benzene ring substituents is 1. The van der Waals surface area contributed by atoms with Gasteiger partial charge in [0.25, 0.3) is 5.69 Å². The number of aryl methyl sites for hydroxylation is 1. The van der Waals surface area contributed by atoms with E-state index in [0.29, 0.717) is 37.8 Å². The molecule has 2 aliphatic rings. The normalized spacial score (nSPS) is 22.5. The highest BCUT2D eigenvalue weighted by molar-refractivity contribution is 7.89. The van der Waals surface area contributed by atoms with Gasteiger partial charge in [-0.15, -0.1) is 12.4 Å². The van der Waals surface area contributed by atoms with E-state index in [9.17, 15) is 18.5 Å². The van der Waals surface area contributed by atoms with E-state index in [1.165, 1.54) is 16.4 Å². The summed E-state index contributed by atoms with van der Waals surface area (Å²) in [6.45, 7) is 5.58. The van der Waals surface area contributed by atoms with Gasteiger partial charge in [0, 0.05) is 44.8 Å². The Morgan fingerprint density at radius 3 is 2.48 bits per heavy atom. The van der Waals surface area contributed by atoms with Crippen LogP contribution in [0.15, 0.2) is 23.1 Å². The number of rotatable bonds is 4. The number of nitrogens with one attached hydrogen (secondary N) is 1. The zero-order chi connectivity index (χ0) is 17.3. The highest BCUT2D eigenvalue weighted by Crippen LogP contribution is 2.30. The molecule has 25 heavy (non-hydrogen) atoms. The second-order valence-electron chi connectivity index (χ2n) is 6.27. The molecule has 1 atom stereocenters. The minimum atomic E-state index is -3.87. The maximum atomic E-state index is 13.0. The van der Waals surface area contributed by atoms with E-state index in [-0.39, 0.29) is 23.0 Å². The second kappa shape index (κ2) is 7.96. The van der Waals surface area contributed by atoms with Gasteiger partial charge in [0.15, 0.2) is 4.90 Å². The highest BCUT2D eigenvalue weighted by atomic mass is 35.5. The average Bonchev–Trinajstić information content (AvgIpc) is 3.09. The van der Waals surface area contributed by atoms with Crippen molar-refractivity contribution in [1.82, 2.24) is 14.5 Å². The minimum Gasteiger partial charge on any atom is -0.315 e. The molecule has 2 aliphatic heterocycles. The third kappa shape index (κ3) is 3.95. The Morgan fingerprint density at radius 1 is 1.24 bits per heavy atom. The van der Waals surface area contributed by atoms with Crippen LogP contribution in [-0.4, -0.2) is 67.9 Å². The van der Waals surface area contributed by atoms with Gasteiger partial charge in [-0.3, -0.25) is 15.0 Å². The van der Waals surface area contributed by atoms with Gasteiger partial charge in [0.2, 0.25) is 10.0 Å². The Balaban J connectivity index is 0.00000225. The van der Waals surface area contributed by atoms with Gasteiger partial charge in [-0.2, -0.15) is 4.31 Å². The van der Waals surface area contributed by atoms with Crippen molar-refractivity contribution in [3.8, 4) is 0 Å². The summed E-state index contributed by atoms with van der Waals surface area (Å²) in [5, 5.41) is 14.6. The summed E-state index contributed by atoms with van der Waals surface area (Å²) in [6.07, 6.45) is 1.08. The first-order valence-electron chi connectivity index (χ1n) is 8.10. The van der Waals surface area contributed by atoms with Crippen molar-refractivity contribution in [3.63, 3.8) is 0 Å². The third-order valence-electron chi connectivity index (χ3n) is 4.81. The molecule has 1 unspecified atom stereocenters. The quantitative estimate of drug-likeness (QED) is 0.608. The molecule has 10 heteroatoms. The molecule has 2 fully saturated rings. The highest BCUT2D eigenvalue weighted by Gasteiger charge is 2.36. The van der Waals surface area contributed by atoms with Crippen LogP contribution < -0.4 is 5.32 Å². The van der Waals surface area contributed by atoms with Crippen LogP contribution >= 0.6 is 12.4 Å². The van der Waals surface area contributed by atoms with Gasteiger partial charge < -0.3 is 5.32 Å². The molecule has 0 aliphatic carbocycles. The SMILES string of the molecule is Cc1cccc([N+](=O)[O-])c1S(=O)(=O)N1CCN(C2CCNC2)CC1.Cl. The molecule has 0 spiro atoms. The van der Waals surface area contributed by atoms with Crippen LogP contribution in [0, 0.1) is 17.0 Å². The van der Waals surface area contributed by atoms with Crippen molar-refractivity contribution in [2.75, 3.05) is 39.3 Å². The summed E-state index contributed by atoms with van der Waals surface area (Å²) >= 11 is 0. The molecule has 2 heterocycles. The van der Waals surface area contributed by atoms with Crippen LogP contribution in [0.5, 0.6) is 0 Å². The van der Waals surface area contributed by atoms with Crippen LogP contribution in [0.2, 0.25) is 0 Å². The maximum Gasteiger partial charge on any atom is 0.289 e. The number of hydrogen-bond donors (Lipinski definition) is 1. The molecular formula is C15H23ClN4O4S. The standard InChI is InChI=1S/C15H22N4O4S.ClH/c1-12-3-2-4-14(19(20)21)15(12)24(22,23)18-9-7-17(8-10-18)13-5-6-16-11-13;/h2-4,13,16H,5-11H2,1H3;1H. The van der Waals surface area contributed by atoms with Crippen molar-refractivity contribution < 1.29 is 13.3 Å². The Kier molecular flexibility index (Phi) is 6.39. The lowest BCUT2D eigenvalue weighted by Gasteiger charge is -2.37. The lowest BCUT2D eigenvalue weighted by atomic mass is 10.2. The van der Waals surface area contributed by atoms with E-state index in [4.69, 9.17) is 0 Å². The molecule has 3 rings (SSSR count). The molecule has 0 radical (unpaired) electrons. The van der Waals surface area contributed by atoms with Crippen molar-refractivity contribution in [1.29, 1.82) is 0 Å². The topological polar surface area (TPSA) is 95.8 Å². The van der Waals surface area contributed by atoms with Crippen molar-refractivity contribution in [2.24, 2.45) is 0 Å². The van der Waals surface area contributed by atoms with Crippen LogP contribution in [0.3, 0.4) is 0 Å². The third-order valence-corrected chi connectivity index (χ3v) is 6.90. The lowest BCUT2D eigenvalue weighted by molar-refractivity contribution is -0.387. The molecular weight excluding hydrogens is 368 g/mol. The van der Waals surface area contributed by atoms with E-state index in [1.54, 1.807) is 13.0 Å². The molecule has 140 valence electrons. The van der Waals surface area contributed by atoms with Crippen LogP contribution in [0.1, 0.15) is 12.0 Å². The summed E-state index contributed by atoms with van der Waals surface area (Å²) in [5.41, 5.74) is 0.0593. The van der Waals surface area contributed by atoms with Crippen molar-refractivity contribution in [3.05, 3.63) is 33.9 Å². The Bertz CT molecular complexity index is 729. The fourth-order valence-electron chi connectivity index (χ4n) is 3.51. The number of nitrogens with zero attached hydrogens (tertiary/aromatic N) is 3. The van der Waals surface area contributed by atoms with Crippen molar-refractivity contribution >= 4 is 28.1 Å². The number of nitro groups is 1. The minimum absolute atomic E-state index is 0. The molecule has 0 aromatic heterocycles. The summed E-state index contributed by atoms with van der Waals surface area (Å²) < 4.78 is 27.3. The maximum absolute atomic E-state index is 13.0. The molecule has 1 aromatic rings. The van der Waals surface area contributed by atoms with Gasteiger partial charge in [0.05, 0.1) is 4.92 Å². The van der Waals surface area contributed by atoms with Crippen molar-refractivity contribution in [2.45, 2.75) is 24.3 Å². The zero-order valence-corrected chi connectivity index (χ0v) is 15.7. The Labute approximate surface area is 153 Å². The van der Waals surface area contributed by atoms with Gasteiger partial charge in [-0.1, -0.05) is 12.1 Å². The first-order valence-corrected chi connectivity index (χ1v) is 9.54. The zero-order valence-electron chi connectivity index (χ0n) is 14.1. The molecule has 1 N–H and O–H groups in total. The monoisotopic (exact) mass is 390 g/mol. The number of sulfonamides is 1. The summed E-state index contributed by atoms with van der Waals surface area (Å²) in [5.74, 6) is 0. The van der Waals surface area contributed by atoms with Gasteiger partial charge in [-0.05, 0) is 25.5 Å². The van der Waals surface area contributed by atoms with Crippen LogP contribution in [0.25, 0.3) is 0 Å². The Hall–Kier alpha value is -1.26. The number of piperazine rings is 1. The predicted molar refractivity (Wildman–Crippen MR) is 96.7 cm³/mol. The Morgan fingerprint density at radius 2 is 1.92 bits per heavy atom. The fourth-order valence-corrected chi connectivity index (χ4v) is 5.29. The number of halogens is 1. The van der Waals surface area contributed by atoms with E-state index in [1.807, 2.05) is 0 Å². The van der Waals surface area contributed by atoms with Crippen LogP contribution in [-0.2, 0) is 10.0 Å². The molecule has 8 nitrogen and oxygen atoms in total. The smallest absolute Gasteiger partial charge is 0.289 e. The van der Waals surface area contributed by atoms with Gasteiger partial charge in [0.1, 0.15) is 0 Å². The predicted octanol–water partition coefficient (Wildman–Crippen LogP) is 0.993. The van der Waals surface area contributed by atoms with Gasteiger partial charge in [-0.25, -0.2) is 8.42 Å². The lowest BCUT2D eigenvalue weighted by Crippen LogP contribution is -2.52. The first-order chi connectivity index (χ1) is 11.4. The average molecular weight is 391 g/mol. The first kappa shape index (κ1) is 20.1. The fraction of sp³-hybridized carbons (Fsp3) is 0.600. The van der Waals surface area contributed by atoms with Gasteiger partial charge >= 0.3 is 0 Å². The molecule has 1 aromatic carbocycles. The molecule has 0 bridgehead atoms. The summed E-state index contributed by atoms with van der Waals surface area (Å²) in [6, 6.07) is 4.82. The molecule has 2 saturated heterocycles. The second-order valence-corrected chi connectivity index (χ2v) is 8.14. The summed E-state index contributed by atoms with van der Waals surface area (Å²) in [4.78, 5) is 12.7. The van der Waals surface area contributed by atoms with Crippen LogP contribution in [0.4, 0.5) is 5.69 Å². The number of benzene rings is 1. The number of hydrogen-bond acceptors (Lipinski definition) is 6. The molecule has 0 amide bonds. The molecule has 0 saturated carbocycles. The van der Waals surface area contributed by atoms with E-state index in [2.05, 4.69) is 10.2 Å².